The van der Waals surface area contributed by atoms with E-state index < -0.39 is 0 Å². The summed E-state index contributed by atoms with van der Waals surface area (Å²) in [4.78, 5) is 9.16. The maximum absolute atomic E-state index is 5.49. The summed E-state index contributed by atoms with van der Waals surface area (Å²) in [6.45, 7) is 8.72. The average Bonchev–Trinajstić information content (AvgIpc) is 3.08. The van der Waals surface area contributed by atoms with Crippen LogP contribution < -0.4 is 9.47 Å². The summed E-state index contributed by atoms with van der Waals surface area (Å²) in [5.41, 5.74) is 1.15. The highest BCUT2D eigenvalue weighted by Gasteiger charge is 2.25. The highest BCUT2D eigenvalue weighted by Crippen LogP contribution is 2.26. The minimum Gasteiger partial charge on any atom is -0.497 e. The highest BCUT2D eigenvalue weighted by molar-refractivity contribution is 5.40. The number of benzene rings is 1. The molecular formula is C18H26N4O3. The number of aromatic nitrogens is 2. The molecule has 3 rings (SSSR count). The Bertz CT molecular complexity index is 695. The van der Waals surface area contributed by atoms with Gasteiger partial charge in [0.15, 0.2) is 5.82 Å². The minimum absolute atomic E-state index is 0.148. The minimum atomic E-state index is 0.148. The molecule has 0 bridgehead atoms. The second kappa shape index (κ2) is 7.84. The molecule has 1 aromatic heterocycles. The zero-order valence-electron chi connectivity index (χ0n) is 15.4. The first-order valence-electron chi connectivity index (χ1n) is 8.58. The van der Waals surface area contributed by atoms with Crippen molar-refractivity contribution in [3.8, 4) is 11.5 Å². The number of methoxy groups -OCH3 is 2. The molecular weight excluding hydrogens is 320 g/mol. The second-order valence-electron chi connectivity index (χ2n) is 6.35. The molecule has 1 aromatic carbocycles. The van der Waals surface area contributed by atoms with E-state index in [0.29, 0.717) is 11.7 Å². The molecule has 1 aliphatic rings. The van der Waals surface area contributed by atoms with Crippen LogP contribution >= 0.6 is 0 Å². The molecule has 2 aromatic rings. The maximum atomic E-state index is 5.49. The third-order valence-electron chi connectivity index (χ3n) is 4.74. The van der Waals surface area contributed by atoms with Gasteiger partial charge in [-0.05, 0) is 32.0 Å². The largest absolute Gasteiger partial charge is 0.497 e. The maximum Gasteiger partial charge on any atom is 0.243 e. The molecule has 1 saturated heterocycles. The summed E-state index contributed by atoms with van der Waals surface area (Å²) in [5.74, 6) is 3.14. The van der Waals surface area contributed by atoms with Crippen LogP contribution in [0.5, 0.6) is 11.5 Å². The third kappa shape index (κ3) is 4.11. The van der Waals surface area contributed by atoms with Crippen molar-refractivity contribution in [1.29, 1.82) is 0 Å². The van der Waals surface area contributed by atoms with Crippen molar-refractivity contribution in [2.45, 2.75) is 26.4 Å². The van der Waals surface area contributed by atoms with Gasteiger partial charge in [-0.3, -0.25) is 9.80 Å². The zero-order chi connectivity index (χ0) is 17.8. The molecule has 136 valence electrons. The lowest BCUT2D eigenvalue weighted by Crippen LogP contribution is -2.46. The fraction of sp³-hybridized carbons (Fsp3) is 0.556. The van der Waals surface area contributed by atoms with Gasteiger partial charge in [0, 0.05) is 38.3 Å². The van der Waals surface area contributed by atoms with E-state index in [9.17, 15) is 0 Å². The van der Waals surface area contributed by atoms with E-state index >= 15 is 0 Å². The van der Waals surface area contributed by atoms with E-state index in [2.05, 4.69) is 32.9 Å². The van der Waals surface area contributed by atoms with E-state index in [-0.39, 0.29) is 6.04 Å². The fourth-order valence-corrected chi connectivity index (χ4v) is 3.19. The van der Waals surface area contributed by atoms with Crippen molar-refractivity contribution in [3.05, 3.63) is 35.5 Å². The molecule has 0 spiro atoms. The topological polar surface area (TPSA) is 63.9 Å². The molecule has 1 atom stereocenters. The van der Waals surface area contributed by atoms with E-state index in [1.807, 2.05) is 19.1 Å². The first kappa shape index (κ1) is 17.7. The summed E-state index contributed by atoms with van der Waals surface area (Å²) in [7, 11) is 3.39. The summed E-state index contributed by atoms with van der Waals surface area (Å²) in [6, 6.07) is 6.09. The Morgan fingerprint density at radius 1 is 1.16 bits per heavy atom. The molecule has 7 nitrogen and oxygen atoms in total. The predicted molar refractivity (Wildman–Crippen MR) is 93.8 cm³/mol. The number of ether oxygens (including phenoxy) is 2. The molecule has 1 fully saturated rings. The van der Waals surface area contributed by atoms with Crippen LogP contribution in [0.25, 0.3) is 0 Å². The van der Waals surface area contributed by atoms with Crippen LogP contribution in [0.3, 0.4) is 0 Å². The number of rotatable bonds is 6. The second-order valence-corrected chi connectivity index (χ2v) is 6.35. The van der Waals surface area contributed by atoms with Crippen LogP contribution in [0.4, 0.5) is 0 Å². The van der Waals surface area contributed by atoms with Crippen molar-refractivity contribution in [2.24, 2.45) is 0 Å². The monoisotopic (exact) mass is 346 g/mol. The zero-order valence-corrected chi connectivity index (χ0v) is 15.4. The first-order valence-corrected chi connectivity index (χ1v) is 8.58. The molecule has 0 aliphatic carbocycles. The Labute approximate surface area is 148 Å². The molecule has 0 saturated carbocycles. The Morgan fingerprint density at radius 2 is 1.92 bits per heavy atom. The van der Waals surface area contributed by atoms with Crippen molar-refractivity contribution >= 4 is 0 Å². The Kier molecular flexibility index (Phi) is 5.55. The number of hydrogen-bond donors (Lipinski definition) is 0. The van der Waals surface area contributed by atoms with E-state index in [1.54, 1.807) is 14.2 Å². The Balaban J connectivity index is 1.59. The molecule has 0 radical (unpaired) electrons. The van der Waals surface area contributed by atoms with E-state index in [4.69, 9.17) is 14.0 Å². The standard InChI is InChI=1S/C18H26N4O3/c1-13(18-19-14(2)20-25-18)22-9-7-21(8-10-22)12-15-11-16(23-3)5-6-17(15)24-4/h5-6,11,13H,7-10,12H2,1-4H3. The summed E-state index contributed by atoms with van der Waals surface area (Å²) in [5, 5.41) is 3.89. The van der Waals surface area contributed by atoms with Gasteiger partial charge in [0.2, 0.25) is 5.89 Å². The SMILES string of the molecule is COc1ccc(OC)c(CN2CCN(C(C)c3nc(C)no3)CC2)c1. The number of nitrogens with zero attached hydrogens (tertiary/aromatic N) is 4. The Hall–Kier alpha value is -2.12. The number of piperazine rings is 1. The van der Waals surface area contributed by atoms with E-state index in [0.717, 1.165) is 49.8 Å². The Morgan fingerprint density at radius 3 is 2.52 bits per heavy atom. The molecule has 2 heterocycles. The van der Waals surface area contributed by atoms with E-state index in [1.165, 1.54) is 0 Å². The van der Waals surface area contributed by atoms with Gasteiger partial charge in [0.1, 0.15) is 11.5 Å². The predicted octanol–water partition coefficient (Wildman–Crippen LogP) is 2.27. The van der Waals surface area contributed by atoms with Gasteiger partial charge in [-0.2, -0.15) is 4.98 Å². The molecule has 7 heteroatoms. The molecule has 1 unspecified atom stereocenters. The first-order chi connectivity index (χ1) is 12.1. The van der Waals surface area contributed by atoms with Crippen molar-refractivity contribution in [3.63, 3.8) is 0 Å². The van der Waals surface area contributed by atoms with Crippen LogP contribution in [-0.2, 0) is 6.54 Å². The van der Waals surface area contributed by atoms with Crippen molar-refractivity contribution in [2.75, 3.05) is 40.4 Å². The van der Waals surface area contributed by atoms with Gasteiger partial charge in [0.05, 0.1) is 20.3 Å². The van der Waals surface area contributed by atoms with Gasteiger partial charge in [-0.15, -0.1) is 0 Å². The van der Waals surface area contributed by atoms with Crippen LogP contribution in [-0.4, -0.2) is 60.3 Å². The molecule has 1 aliphatic heterocycles. The normalized spacial score (nSPS) is 17.4. The third-order valence-corrected chi connectivity index (χ3v) is 4.74. The highest BCUT2D eigenvalue weighted by atomic mass is 16.5. The number of aryl methyl sites for hydroxylation is 1. The lowest BCUT2D eigenvalue weighted by atomic mass is 10.1. The summed E-state index contributed by atoms with van der Waals surface area (Å²) >= 11 is 0. The van der Waals surface area contributed by atoms with Gasteiger partial charge < -0.3 is 14.0 Å². The van der Waals surface area contributed by atoms with Crippen molar-refractivity contribution < 1.29 is 14.0 Å². The van der Waals surface area contributed by atoms with Crippen LogP contribution in [0, 0.1) is 6.92 Å². The van der Waals surface area contributed by atoms with Crippen LogP contribution in [0.15, 0.2) is 22.7 Å². The van der Waals surface area contributed by atoms with Gasteiger partial charge in [-0.25, -0.2) is 0 Å². The number of hydrogen-bond acceptors (Lipinski definition) is 7. The average molecular weight is 346 g/mol. The molecule has 0 amide bonds. The smallest absolute Gasteiger partial charge is 0.243 e. The summed E-state index contributed by atoms with van der Waals surface area (Å²) < 4.78 is 16.1. The van der Waals surface area contributed by atoms with Crippen molar-refractivity contribution in [1.82, 2.24) is 19.9 Å². The lowest BCUT2D eigenvalue weighted by Gasteiger charge is -2.37. The summed E-state index contributed by atoms with van der Waals surface area (Å²) in [6.07, 6.45) is 0. The fourth-order valence-electron chi connectivity index (χ4n) is 3.19. The van der Waals surface area contributed by atoms with Crippen LogP contribution in [0.1, 0.15) is 30.2 Å². The lowest BCUT2D eigenvalue weighted by molar-refractivity contribution is 0.0840. The van der Waals surface area contributed by atoms with Gasteiger partial charge in [0.25, 0.3) is 0 Å². The quantitative estimate of drug-likeness (QED) is 0.795. The molecule has 25 heavy (non-hydrogen) atoms. The van der Waals surface area contributed by atoms with Gasteiger partial charge >= 0.3 is 0 Å². The molecule has 0 N–H and O–H groups in total. The van der Waals surface area contributed by atoms with Crippen LogP contribution in [0.2, 0.25) is 0 Å². The van der Waals surface area contributed by atoms with Gasteiger partial charge in [-0.1, -0.05) is 5.16 Å².